The van der Waals surface area contributed by atoms with E-state index in [2.05, 4.69) is 5.32 Å². The van der Waals surface area contributed by atoms with Crippen LogP contribution in [0.3, 0.4) is 0 Å². The van der Waals surface area contributed by atoms with Crippen molar-refractivity contribution in [1.82, 2.24) is 15.1 Å². The summed E-state index contributed by atoms with van der Waals surface area (Å²) in [5.41, 5.74) is 0. The van der Waals surface area contributed by atoms with Crippen molar-refractivity contribution in [2.24, 2.45) is 0 Å². The lowest BCUT2D eigenvalue weighted by Gasteiger charge is -2.29. The maximum Gasteiger partial charge on any atom is 0.236 e. The van der Waals surface area contributed by atoms with Crippen LogP contribution in [0.25, 0.3) is 0 Å². The van der Waals surface area contributed by atoms with E-state index in [1.807, 2.05) is 4.90 Å². The maximum atomic E-state index is 12.0. The lowest BCUT2D eigenvalue weighted by molar-refractivity contribution is -0.132. The molecular weight excluding hydrogens is 266 g/mol. The van der Waals surface area contributed by atoms with E-state index >= 15 is 0 Å². The Bertz CT molecular complexity index is 389. The van der Waals surface area contributed by atoms with Crippen LogP contribution in [-0.2, 0) is 14.6 Å². The van der Waals surface area contributed by atoms with Crippen molar-refractivity contribution in [3.05, 3.63) is 0 Å². The van der Waals surface area contributed by atoms with Crippen LogP contribution in [0.15, 0.2) is 0 Å². The molecule has 7 heteroatoms. The van der Waals surface area contributed by atoms with Gasteiger partial charge >= 0.3 is 0 Å². The molecule has 6 nitrogen and oxygen atoms in total. The molecule has 0 aromatic rings. The first kappa shape index (κ1) is 16.4. The summed E-state index contributed by atoms with van der Waals surface area (Å²) in [5.74, 6) is 0.182. The number of nitrogens with zero attached hydrogens (tertiary/aromatic N) is 2. The Kier molecular flexibility index (Phi) is 6.22. The number of carbonyl (C=O) groups is 1. The minimum atomic E-state index is -3.03. The van der Waals surface area contributed by atoms with E-state index in [1.54, 1.807) is 25.8 Å². The van der Waals surface area contributed by atoms with E-state index in [4.69, 9.17) is 0 Å². The molecule has 1 heterocycles. The molecule has 0 radical (unpaired) electrons. The van der Waals surface area contributed by atoms with Gasteiger partial charge in [0.1, 0.15) is 0 Å². The normalized spacial score (nSPS) is 17.2. The van der Waals surface area contributed by atoms with E-state index < -0.39 is 9.84 Å². The number of nitrogens with one attached hydrogen (secondary N) is 1. The average molecular weight is 291 g/mol. The Morgan fingerprint density at radius 1 is 1.32 bits per heavy atom. The second kappa shape index (κ2) is 7.21. The molecule has 0 spiro atoms. The number of hydrogen-bond acceptors (Lipinski definition) is 5. The summed E-state index contributed by atoms with van der Waals surface area (Å²) < 4.78 is 23.4. The number of hydrogen-bond donors (Lipinski definition) is 1. The van der Waals surface area contributed by atoms with Crippen molar-refractivity contribution >= 4 is 15.7 Å². The summed E-state index contributed by atoms with van der Waals surface area (Å²) >= 11 is 0. The Morgan fingerprint density at radius 2 is 1.89 bits per heavy atom. The smallest absolute Gasteiger partial charge is 0.236 e. The SMILES string of the molecule is CC(C)S(=O)(=O)CCN(C)CC(=O)N1CCNCC1. The van der Waals surface area contributed by atoms with Gasteiger partial charge in [0.25, 0.3) is 0 Å². The largest absolute Gasteiger partial charge is 0.339 e. The van der Waals surface area contributed by atoms with Crippen LogP contribution in [0.1, 0.15) is 13.8 Å². The molecule has 1 saturated heterocycles. The number of carbonyl (C=O) groups excluding carboxylic acids is 1. The van der Waals surface area contributed by atoms with Crippen LogP contribution >= 0.6 is 0 Å². The first-order valence-electron chi connectivity index (χ1n) is 6.71. The molecule has 0 aromatic carbocycles. The fraction of sp³-hybridized carbons (Fsp3) is 0.917. The highest BCUT2D eigenvalue weighted by Gasteiger charge is 2.20. The van der Waals surface area contributed by atoms with E-state index in [1.165, 1.54) is 0 Å². The van der Waals surface area contributed by atoms with Crippen molar-refractivity contribution < 1.29 is 13.2 Å². The standard InChI is InChI=1S/C12H25N3O3S/c1-11(2)19(17,18)9-8-14(3)10-12(16)15-6-4-13-5-7-15/h11,13H,4-10H2,1-3H3. The Balaban J connectivity index is 2.34. The fourth-order valence-corrected chi connectivity index (χ4v) is 2.88. The van der Waals surface area contributed by atoms with Gasteiger partial charge in [0.05, 0.1) is 17.5 Å². The van der Waals surface area contributed by atoms with Gasteiger partial charge in [0.2, 0.25) is 5.91 Å². The topological polar surface area (TPSA) is 69.7 Å². The van der Waals surface area contributed by atoms with Gasteiger partial charge in [-0.05, 0) is 20.9 Å². The van der Waals surface area contributed by atoms with Crippen molar-refractivity contribution in [1.29, 1.82) is 0 Å². The van der Waals surface area contributed by atoms with Gasteiger partial charge < -0.3 is 10.2 Å². The summed E-state index contributed by atoms with van der Waals surface area (Å²) in [5, 5.41) is 2.84. The summed E-state index contributed by atoms with van der Waals surface area (Å²) in [7, 11) is -1.24. The molecule has 1 fully saturated rings. The summed E-state index contributed by atoms with van der Waals surface area (Å²) in [6.07, 6.45) is 0. The third kappa shape index (κ3) is 5.46. The highest BCUT2D eigenvalue weighted by atomic mass is 32.2. The van der Waals surface area contributed by atoms with Crippen LogP contribution < -0.4 is 5.32 Å². The van der Waals surface area contributed by atoms with Gasteiger partial charge in [-0.15, -0.1) is 0 Å². The fourth-order valence-electron chi connectivity index (χ4n) is 1.84. The van der Waals surface area contributed by atoms with Crippen LogP contribution in [0.2, 0.25) is 0 Å². The predicted octanol–water partition coefficient (Wildman–Crippen LogP) is -0.827. The van der Waals surface area contributed by atoms with E-state index in [9.17, 15) is 13.2 Å². The lowest BCUT2D eigenvalue weighted by atomic mass is 10.3. The van der Waals surface area contributed by atoms with Gasteiger partial charge in [-0.3, -0.25) is 9.69 Å². The summed E-state index contributed by atoms with van der Waals surface area (Å²) in [6.45, 7) is 7.18. The Morgan fingerprint density at radius 3 is 2.42 bits per heavy atom. The lowest BCUT2D eigenvalue weighted by Crippen LogP contribution is -2.49. The number of amides is 1. The highest BCUT2D eigenvalue weighted by Crippen LogP contribution is 2.02. The molecular formula is C12H25N3O3S. The first-order valence-corrected chi connectivity index (χ1v) is 8.43. The molecule has 1 N–H and O–H groups in total. The number of likely N-dealkylation sites (N-methyl/N-ethyl adjacent to an activating group) is 1. The minimum Gasteiger partial charge on any atom is -0.339 e. The zero-order valence-corrected chi connectivity index (χ0v) is 12.9. The Hall–Kier alpha value is -0.660. The first-order chi connectivity index (χ1) is 8.83. The van der Waals surface area contributed by atoms with E-state index in [0.717, 1.165) is 26.2 Å². The minimum absolute atomic E-state index is 0.0749. The van der Waals surface area contributed by atoms with Gasteiger partial charge in [0, 0.05) is 32.7 Å². The van der Waals surface area contributed by atoms with Crippen molar-refractivity contribution in [2.45, 2.75) is 19.1 Å². The molecule has 1 aliphatic rings. The molecule has 112 valence electrons. The Labute approximate surface area is 116 Å². The molecule has 0 atom stereocenters. The molecule has 1 aliphatic heterocycles. The zero-order valence-electron chi connectivity index (χ0n) is 12.1. The number of sulfone groups is 1. The van der Waals surface area contributed by atoms with Crippen molar-refractivity contribution in [2.75, 3.05) is 52.1 Å². The van der Waals surface area contributed by atoms with E-state index in [0.29, 0.717) is 6.54 Å². The molecule has 0 aromatic heterocycles. The second-order valence-electron chi connectivity index (χ2n) is 5.28. The quantitative estimate of drug-likeness (QED) is 0.692. The van der Waals surface area contributed by atoms with Crippen LogP contribution in [0, 0.1) is 0 Å². The molecule has 0 aliphatic carbocycles. The van der Waals surface area contributed by atoms with Gasteiger partial charge in [-0.1, -0.05) is 0 Å². The van der Waals surface area contributed by atoms with Gasteiger partial charge in [-0.25, -0.2) is 8.42 Å². The van der Waals surface area contributed by atoms with Gasteiger partial charge in [-0.2, -0.15) is 0 Å². The molecule has 0 bridgehead atoms. The monoisotopic (exact) mass is 291 g/mol. The molecule has 19 heavy (non-hydrogen) atoms. The summed E-state index contributed by atoms with van der Waals surface area (Å²) in [4.78, 5) is 15.6. The predicted molar refractivity (Wildman–Crippen MR) is 75.9 cm³/mol. The molecule has 1 amide bonds. The third-order valence-electron chi connectivity index (χ3n) is 3.35. The van der Waals surface area contributed by atoms with Crippen LogP contribution in [0.4, 0.5) is 0 Å². The average Bonchev–Trinajstić information content (AvgIpc) is 2.37. The molecule has 0 unspecified atom stereocenters. The molecule has 1 rings (SSSR count). The maximum absolute atomic E-state index is 12.0. The second-order valence-corrected chi connectivity index (χ2v) is 7.96. The van der Waals surface area contributed by atoms with Crippen LogP contribution in [-0.4, -0.2) is 81.4 Å². The number of piperazine rings is 1. The van der Waals surface area contributed by atoms with Crippen molar-refractivity contribution in [3.63, 3.8) is 0 Å². The zero-order chi connectivity index (χ0) is 14.5. The summed E-state index contributed by atoms with van der Waals surface area (Å²) in [6, 6.07) is 0. The van der Waals surface area contributed by atoms with Crippen molar-refractivity contribution in [3.8, 4) is 0 Å². The number of rotatable bonds is 6. The van der Waals surface area contributed by atoms with E-state index in [-0.39, 0.29) is 23.5 Å². The molecule has 0 saturated carbocycles. The third-order valence-corrected chi connectivity index (χ3v) is 5.54. The highest BCUT2D eigenvalue weighted by molar-refractivity contribution is 7.92. The van der Waals surface area contributed by atoms with Gasteiger partial charge in [0.15, 0.2) is 9.84 Å². The van der Waals surface area contributed by atoms with Crippen LogP contribution in [0.5, 0.6) is 0 Å².